The van der Waals surface area contributed by atoms with Crippen molar-refractivity contribution in [3.63, 3.8) is 0 Å². The molecule has 0 atom stereocenters. The van der Waals surface area contributed by atoms with Crippen LogP contribution in [0.5, 0.6) is 17.2 Å². The number of benzene rings is 3. The van der Waals surface area contributed by atoms with Crippen molar-refractivity contribution in [1.82, 2.24) is 0 Å². The SMILES string of the molecule is O=Cc1ccc(O)cc1.O=Cc1ccc(O)cc1.O=Cc1ccc(O)cc1.O=S(=O)([O-])[O-].O=S(=O)([O-])[O-].O=S(=O)([O-])[O-].[Sb+3].[Sb+3]. The Labute approximate surface area is 286 Å². The van der Waals surface area contributed by atoms with Gasteiger partial charge >= 0.3 is 48.9 Å². The van der Waals surface area contributed by atoms with Crippen LogP contribution in [0.1, 0.15) is 31.1 Å². The zero-order chi connectivity index (χ0) is 33.6. The van der Waals surface area contributed by atoms with Crippen molar-refractivity contribution in [2.24, 2.45) is 0 Å². The van der Waals surface area contributed by atoms with Gasteiger partial charge in [0.25, 0.3) is 0 Å². The van der Waals surface area contributed by atoms with Gasteiger partial charge in [0.05, 0.1) is 0 Å². The molecule has 3 N–H and O–H groups in total. The summed E-state index contributed by atoms with van der Waals surface area (Å²) in [6, 6.07) is 18.2. The Morgan fingerprint density at radius 3 is 0.591 bits per heavy atom. The Bertz CT molecular complexity index is 1310. The number of carbonyl (C=O) groups excluding carboxylic acids is 3. The van der Waals surface area contributed by atoms with E-state index in [2.05, 4.69) is 0 Å². The molecule has 0 spiro atoms. The molecule has 0 saturated heterocycles. The standard InChI is InChI=1S/3C7H6O2.3H2O4S.2Sb/c3*8-5-6-1-3-7(9)4-2-6;3*1-5(2,3)4;;/h3*1-5,9H;3*(H2,1,2,3,4);;/q;;;;;;2*+3/p-6. The molecule has 0 fully saturated rings. The molecule has 0 bridgehead atoms. The fraction of sp³-hybridized carbons (Fsp3) is 0. The second kappa shape index (κ2) is 26.7. The summed E-state index contributed by atoms with van der Waals surface area (Å²) in [6.45, 7) is 0. The molecule has 0 aliphatic heterocycles. The van der Waals surface area contributed by atoms with Crippen LogP contribution < -0.4 is 0 Å². The number of aldehydes is 3. The van der Waals surface area contributed by atoms with Crippen molar-refractivity contribution in [3.05, 3.63) is 89.5 Å². The van der Waals surface area contributed by atoms with Gasteiger partial charge in [0, 0.05) is 47.9 Å². The molecule has 0 heterocycles. The van der Waals surface area contributed by atoms with Crippen molar-refractivity contribution < 1.29 is 82.3 Å². The van der Waals surface area contributed by atoms with E-state index in [9.17, 15) is 14.4 Å². The first-order chi connectivity index (χ1) is 19.0. The van der Waals surface area contributed by atoms with Gasteiger partial charge < -0.3 is 42.6 Å². The number of phenols is 3. The van der Waals surface area contributed by atoms with Gasteiger partial charge in [-0.25, -0.2) is 0 Å². The summed E-state index contributed by atoms with van der Waals surface area (Å²) < 4.78 is 102. The summed E-state index contributed by atoms with van der Waals surface area (Å²) in [4.78, 5) is 30.1. The van der Waals surface area contributed by atoms with Crippen molar-refractivity contribution in [2.75, 3.05) is 0 Å². The van der Waals surface area contributed by atoms with Crippen LogP contribution in [0, 0.1) is 0 Å². The minimum Gasteiger partial charge on any atom is -0.759 e. The van der Waals surface area contributed by atoms with Crippen LogP contribution >= 0.6 is 0 Å². The van der Waals surface area contributed by atoms with Crippen LogP contribution in [-0.4, -0.2) is 136 Å². The number of hydrogen-bond donors (Lipinski definition) is 3. The summed E-state index contributed by atoms with van der Waals surface area (Å²) in [7, 11) is -15.5. The van der Waals surface area contributed by atoms with E-state index in [0.717, 1.165) is 18.9 Å². The molecule has 0 aromatic heterocycles. The average Bonchev–Trinajstić information content (AvgIpc) is 2.83. The second-order valence-corrected chi connectivity index (χ2v) is 8.80. The molecule has 3 rings (SSSR count). The minimum atomic E-state index is -5.17. The van der Waals surface area contributed by atoms with E-state index in [4.69, 9.17) is 67.9 Å². The van der Waals surface area contributed by atoms with Crippen molar-refractivity contribution >= 4 is 98.9 Å². The topological polar surface area (TPSA) is 353 Å². The van der Waals surface area contributed by atoms with Crippen molar-refractivity contribution in [2.45, 2.75) is 0 Å². The van der Waals surface area contributed by atoms with E-state index in [1.807, 2.05) is 0 Å². The molecule has 23 heteroatoms. The largest absolute Gasteiger partial charge is 3.00 e. The van der Waals surface area contributed by atoms with Gasteiger partial charge in [-0.3, -0.25) is 39.6 Å². The molecule has 3 aromatic carbocycles. The van der Waals surface area contributed by atoms with E-state index in [1.165, 1.54) is 36.4 Å². The third kappa shape index (κ3) is 52.0. The Kier molecular flexibility index (Phi) is 30.9. The molecule has 18 nitrogen and oxygen atoms in total. The second-order valence-electron chi connectivity index (χ2n) is 6.35. The first-order valence-corrected chi connectivity index (χ1v) is 13.7. The van der Waals surface area contributed by atoms with Gasteiger partial charge in [-0.2, -0.15) is 0 Å². The van der Waals surface area contributed by atoms with E-state index >= 15 is 0 Å². The van der Waals surface area contributed by atoms with E-state index in [-0.39, 0.29) is 66.1 Å². The Morgan fingerprint density at radius 2 is 0.500 bits per heavy atom. The molecule has 0 amide bonds. The quantitative estimate of drug-likeness (QED) is 0.121. The maximum Gasteiger partial charge on any atom is 3.00 e. The van der Waals surface area contributed by atoms with Crippen LogP contribution in [0.15, 0.2) is 72.8 Å². The van der Waals surface area contributed by atoms with Gasteiger partial charge in [-0.15, -0.1) is 0 Å². The summed E-state index contributed by atoms with van der Waals surface area (Å²) >= 11 is 0. The van der Waals surface area contributed by atoms with E-state index < -0.39 is 31.2 Å². The van der Waals surface area contributed by atoms with Gasteiger partial charge in [0.2, 0.25) is 0 Å². The summed E-state index contributed by atoms with van der Waals surface area (Å²) in [5, 5.41) is 26.2. The molecule has 0 unspecified atom stereocenters. The summed E-state index contributed by atoms with van der Waals surface area (Å²) in [5.41, 5.74) is 1.73. The number of rotatable bonds is 3. The number of phenolic OH excluding ortho intramolecular Hbond substituents is 3. The monoisotopic (exact) mass is 896 g/mol. The Morgan fingerprint density at radius 1 is 0.386 bits per heavy atom. The molecule has 3 aromatic rings. The fourth-order valence-corrected chi connectivity index (χ4v) is 1.66. The van der Waals surface area contributed by atoms with Gasteiger partial charge in [-0.1, -0.05) is 0 Å². The number of hydrogen-bond acceptors (Lipinski definition) is 18. The summed E-state index contributed by atoms with van der Waals surface area (Å²) in [6.07, 6.45) is 2.21. The molecule has 4 radical (unpaired) electrons. The van der Waals surface area contributed by atoms with Gasteiger partial charge in [0.15, 0.2) is 0 Å². The number of carbonyl (C=O) groups is 3. The van der Waals surface area contributed by atoms with Crippen LogP contribution in [0.4, 0.5) is 0 Å². The first-order valence-electron chi connectivity index (χ1n) is 9.71. The summed E-state index contributed by atoms with van der Waals surface area (Å²) in [5.74, 6) is 0.543. The Hall–Kier alpha value is -2.68. The molecule has 238 valence electrons. The zero-order valence-corrected chi connectivity index (χ0v) is 28.8. The number of aromatic hydroxyl groups is 3. The predicted molar refractivity (Wildman–Crippen MR) is 143 cm³/mol. The molecule has 44 heavy (non-hydrogen) atoms. The van der Waals surface area contributed by atoms with Crippen molar-refractivity contribution in [3.8, 4) is 17.2 Å². The van der Waals surface area contributed by atoms with Gasteiger partial charge in [0.1, 0.15) is 36.1 Å². The molecule has 0 aliphatic rings. The molecule has 0 aliphatic carbocycles. The van der Waals surface area contributed by atoms with Crippen molar-refractivity contribution in [1.29, 1.82) is 0 Å². The predicted octanol–water partition coefficient (Wildman–Crippen LogP) is -1.16. The molecular formula is C21H18O18S3Sb2. The third-order valence-corrected chi connectivity index (χ3v) is 3.09. The molecule has 0 saturated carbocycles. The van der Waals surface area contributed by atoms with Crippen LogP contribution in [0.25, 0.3) is 0 Å². The molecular weight excluding hydrogens is 880 g/mol. The average molecular weight is 898 g/mol. The minimum absolute atomic E-state index is 0. The van der Waals surface area contributed by atoms with Crippen LogP contribution in [-0.2, 0) is 31.2 Å². The normalized spacial score (nSPS) is 9.41. The smallest absolute Gasteiger partial charge is 0.759 e. The third-order valence-electron chi connectivity index (χ3n) is 3.09. The van der Waals surface area contributed by atoms with Crippen LogP contribution in [0.3, 0.4) is 0 Å². The fourth-order valence-electron chi connectivity index (χ4n) is 1.66. The maximum atomic E-state index is 10.0. The first kappa shape index (κ1) is 50.9. The van der Waals surface area contributed by atoms with Crippen LogP contribution in [0.2, 0.25) is 0 Å². The van der Waals surface area contributed by atoms with E-state index in [0.29, 0.717) is 16.7 Å². The zero-order valence-electron chi connectivity index (χ0n) is 21.2. The Balaban J connectivity index is -0.000000140. The van der Waals surface area contributed by atoms with E-state index in [1.54, 1.807) is 36.4 Å². The van der Waals surface area contributed by atoms with Gasteiger partial charge in [-0.05, 0) is 72.8 Å². The maximum absolute atomic E-state index is 10.0.